The van der Waals surface area contributed by atoms with E-state index >= 15 is 0 Å². The van der Waals surface area contributed by atoms with E-state index in [2.05, 4.69) is 20.6 Å². The Kier molecular flexibility index (Phi) is 3.66. The van der Waals surface area contributed by atoms with Crippen LogP contribution in [-0.4, -0.2) is 22.9 Å². The number of thiazole rings is 1. The van der Waals surface area contributed by atoms with Crippen molar-refractivity contribution in [3.63, 3.8) is 0 Å². The van der Waals surface area contributed by atoms with E-state index in [-0.39, 0.29) is 5.91 Å². The molecule has 2 aromatic rings. The minimum atomic E-state index is -0.197. The average Bonchev–Trinajstić information content (AvgIpc) is 2.89. The van der Waals surface area contributed by atoms with Gasteiger partial charge in [-0.1, -0.05) is 6.07 Å². The number of hydrogen-bond acceptors (Lipinski definition) is 5. The van der Waals surface area contributed by atoms with Crippen LogP contribution in [0, 0.1) is 0 Å². The van der Waals surface area contributed by atoms with Crippen molar-refractivity contribution in [2.75, 3.05) is 12.4 Å². The predicted octanol–water partition coefficient (Wildman–Crippen LogP) is 1.51. The summed E-state index contributed by atoms with van der Waals surface area (Å²) in [4.78, 5) is 20.0. The van der Waals surface area contributed by atoms with Gasteiger partial charge in [-0.3, -0.25) is 4.79 Å². The first-order chi connectivity index (χ1) is 8.29. The van der Waals surface area contributed by atoms with Crippen LogP contribution in [0.4, 0.5) is 5.82 Å². The Labute approximate surface area is 103 Å². The van der Waals surface area contributed by atoms with Crippen molar-refractivity contribution in [2.45, 2.75) is 6.54 Å². The predicted molar refractivity (Wildman–Crippen MR) is 67.1 cm³/mol. The van der Waals surface area contributed by atoms with Crippen LogP contribution in [0.2, 0.25) is 0 Å². The first kappa shape index (κ1) is 11.5. The van der Waals surface area contributed by atoms with Gasteiger partial charge in [0.15, 0.2) is 0 Å². The molecule has 0 unspecified atom stereocenters. The summed E-state index contributed by atoms with van der Waals surface area (Å²) in [6.07, 6.45) is 1.71. The van der Waals surface area contributed by atoms with Crippen molar-refractivity contribution in [1.29, 1.82) is 0 Å². The van der Waals surface area contributed by atoms with E-state index in [4.69, 9.17) is 0 Å². The van der Waals surface area contributed by atoms with E-state index in [0.29, 0.717) is 18.1 Å². The lowest BCUT2D eigenvalue weighted by Crippen LogP contribution is -2.23. The molecular formula is C11H12N4OS. The minimum Gasteiger partial charge on any atom is -0.373 e. The maximum Gasteiger partial charge on any atom is 0.270 e. The van der Waals surface area contributed by atoms with E-state index in [1.165, 1.54) is 11.3 Å². The molecule has 0 aromatic carbocycles. The Hall–Kier alpha value is -1.95. The van der Waals surface area contributed by atoms with Crippen LogP contribution in [-0.2, 0) is 6.54 Å². The molecule has 0 atom stereocenters. The minimum absolute atomic E-state index is 0.197. The van der Waals surface area contributed by atoms with Gasteiger partial charge in [-0.2, -0.15) is 0 Å². The summed E-state index contributed by atoms with van der Waals surface area (Å²) < 4.78 is 0. The number of nitrogens with zero attached hydrogens (tertiary/aromatic N) is 2. The van der Waals surface area contributed by atoms with Crippen molar-refractivity contribution < 1.29 is 4.79 Å². The molecule has 0 saturated heterocycles. The Bertz CT molecular complexity index is 498. The van der Waals surface area contributed by atoms with Crippen LogP contribution < -0.4 is 10.6 Å². The number of nitrogens with one attached hydrogen (secondary N) is 2. The first-order valence-corrected chi connectivity index (χ1v) is 5.99. The summed E-state index contributed by atoms with van der Waals surface area (Å²) in [5, 5.41) is 8.42. The molecule has 1 amide bonds. The van der Waals surface area contributed by atoms with E-state index in [0.717, 1.165) is 5.01 Å². The molecule has 0 spiro atoms. The topological polar surface area (TPSA) is 66.9 Å². The maximum atomic E-state index is 11.8. The zero-order chi connectivity index (χ0) is 12.1. The third kappa shape index (κ3) is 3.01. The summed E-state index contributed by atoms with van der Waals surface area (Å²) in [6, 6.07) is 5.27. The third-order valence-corrected chi connectivity index (χ3v) is 2.90. The molecule has 0 aliphatic heterocycles. The first-order valence-electron chi connectivity index (χ1n) is 5.11. The third-order valence-electron chi connectivity index (χ3n) is 2.12. The van der Waals surface area contributed by atoms with Crippen LogP contribution in [0.15, 0.2) is 29.8 Å². The van der Waals surface area contributed by atoms with Gasteiger partial charge in [0.25, 0.3) is 5.91 Å². The number of hydrogen-bond donors (Lipinski definition) is 2. The molecule has 2 N–H and O–H groups in total. The Morgan fingerprint density at radius 3 is 3.06 bits per heavy atom. The number of anilines is 1. The van der Waals surface area contributed by atoms with Gasteiger partial charge < -0.3 is 10.6 Å². The second-order valence-corrected chi connectivity index (χ2v) is 4.25. The Balaban J connectivity index is 1.99. The highest BCUT2D eigenvalue weighted by Gasteiger charge is 2.07. The monoisotopic (exact) mass is 248 g/mol. The molecule has 2 rings (SSSR count). The van der Waals surface area contributed by atoms with E-state index in [1.807, 2.05) is 5.38 Å². The zero-order valence-electron chi connectivity index (χ0n) is 9.30. The molecule has 0 fully saturated rings. The lowest BCUT2D eigenvalue weighted by atomic mass is 10.3. The lowest BCUT2D eigenvalue weighted by molar-refractivity contribution is 0.0946. The van der Waals surface area contributed by atoms with Crippen LogP contribution >= 0.6 is 11.3 Å². The van der Waals surface area contributed by atoms with Crippen LogP contribution in [0.1, 0.15) is 15.5 Å². The van der Waals surface area contributed by atoms with Crippen molar-refractivity contribution in [3.05, 3.63) is 40.5 Å². The van der Waals surface area contributed by atoms with E-state index in [1.54, 1.807) is 31.4 Å². The quantitative estimate of drug-likeness (QED) is 0.860. The second kappa shape index (κ2) is 5.40. The van der Waals surface area contributed by atoms with Crippen molar-refractivity contribution >= 4 is 23.1 Å². The summed E-state index contributed by atoms with van der Waals surface area (Å²) in [5.74, 6) is 0.476. The number of amides is 1. The van der Waals surface area contributed by atoms with E-state index in [9.17, 15) is 4.79 Å². The number of pyridine rings is 1. The molecule has 6 heteroatoms. The van der Waals surface area contributed by atoms with Crippen LogP contribution in [0.3, 0.4) is 0 Å². The number of rotatable bonds is 4. The molecular weight excluding hydrogens is 236 g/mol. The molecule has 88 valence electrons. The van der Waals surface area contributed by atoms with Gasteiger partial charge in [-0.05, 0) is 12.1 Å². The molecule has 2 aromatic heterocycles. The van der Waals surface area contributed by atoms with Crippen LogP contribution in [0.25, 0.3) is 0 Å². The van der Waals surface area contributed by atoms with Gasteiger partial charge in [0.05, 0.1) is 6.54 Å². The summed E-state index contributed by atoms with van der Waals surface area (Å²) in [7, 11) is 1.76. The molecule has 17 heavy (non-hydrogen) atoms. The number of carbonyl (C=O) groups excluding carboxylic acids is 1. The van der Waals surface area contributed by atoms with Gasteiger partial charge in [-0.15, -0.1) is 11.3 Å². The molecule has 0 saturated carbocycles. The van der Waals surface area contributed by atoms with Gasteiger partial charge in [0.2, 0.25) is 0 Å². The molecule has 2 heterocycles. The maximum absolute atomic E-state index is 11.8. The van der Waals surface area contributed by atoms with Crippen molar-refractivity contribution in [2.24, 2.45) is 0 Å². The highest BCUT2D eigenvalue weighted by atomic mass is 32.1. The number of carbonyl (C=O) groups is 1. The Morgan fingerprint density at radius 2 is 2.35 bits per heavy atom. The van der Waals surface area contributed by atoms with E-state index < -0.39 is 0 Å². The van der Waals surface area contributed by atoms with Crippen LogP contribution in [0.5, 0.6) is 0 Å². The van der Waals surface area contributed by atoms with Crippen molar-refractivity contribution in [3.8, 4) is 0 Å². The van der Waals surface area contributed by atoms with Gasteiger partial charge in [0, 0.05) is 18.6 Å². The summed E-state index contributed by atoms with van der Waals surface area (Å²) in [5.41, 5.74) is 0.397. The normalized spacial score (nSPS) is 9.94. The summed E-state index contributed by atoms with van der Waals surface area (Å²) >= 11 is 1.51. The molecule has 0 bridgehead atoms. The fourth-order valence-corrected chi connectivity index (χ4v) is 1.84. The highest BCUT2D eigenvalue weighted by molar-refractivity contribution is 7.09. The smallest absolute Gasteiger partial charge is 0.270 e. The Morgan fingerprint density at radius 1 is 1.47 bits per heavy atom. The lowest BCUT2D eigenvalue weighted by Gasteiger charge is -2.04. The second-order valence-electron chi connectivity index (χ2n) is 3.27. The fraction of sp³-hybridized carbons (Fsp3) is 0.182. The average molecular weight is 248 g/mol. The molecule has 0 radical (unpaired) electrons. The SMILES string of the molecule is CNc1cccc(C(=O)NCc2nccs2)n1. The molecule has 5 nitrogen and oxygen atoms in total. The van der Waals surface area contributed by atoms with Gasteiger partial charge >= 0.3 is 0 Å². The largest absolute Gasteiger partial charge is 0.373 e. The molecule has 0 aliphatic carbocycles. The van der Waals surface area contributed by atoms with Crippen molar-refractivity contribution in [1.82, 2.24) is 15.3 Å². The van der Waals surface area contributed by atoms with Gasteiger partial charge in [0.1, 0.15) is 16.5 Å². The number of aromatic nitrogens is 2. The fourth-order valence-electron chi connectivity index (χ4n) is 1.29. The molecule has 0 aliphatic rings. The highest BCUT2D eigenvalue weighted by Crippen LogP contribution is 2.05. The zero-order valence-corrected chi connectivity index (χ0v) is 10.1. The standard InChI is InChI=1S/C11H12N4OS/c1-12-9-4-2-3-8(15-9)11(16)14-7-10-13-5-6-17-10/h2-6H,7H2,1H3,(H,12,15)(H,14,16). The summed E-state index contributed by atoms with van der Waals surface area (Å²) in [6.45, 7) is 0.433. The van der Waals surface area contributed by atoms with Gasteiger partial charge in [-0.25, -0.2) is 9.97 Å².